The summed E-state index contributed by atoms with van der Waals surface area (Å²) in [5, 5.41) is 20.4. The van der Waals surface area contributed by atoms with E-state index in [1.807, 2.05) is 6.92 Å². The largest absolute Gasteiger partial charge is 0.393 e. The van der Waals surface area contributed by atoms with E-state index in [-0.39, 0.29) is 17.6 Å². The van der Waals surface area contributed by atoms with Crippen LogP contribution in [0.25, 0.3) is 0 Å². The van der Waals surface area contributed by atoms with Crippen LogP contribution >= 0.6 is 0 Å². The molecule has 4 aliphatic carbocycles. The molecule has 4 rings (SSSR count). The number of aliphatic hydroxyl groups excluding tert-OH is 2. The normalized spacial score (nSPS) is 56.6. The van der Waals surface area contributed by atoms with Gasteiger partial charge >= 0.3 is 0 Å². The number of fused-ring (bicyclic) bond motifs is 5. The first-order chi connectivity index (χ1) is 10.9. The van der Waals surface area contributed by atoms with Crippen molar-refractivity contribution >= 4 is 0 Å². The van der Waals surface area contributed by atoms with E-state index in [1.165, 1.54) is 32.1 Å². The Balaban J connectivity index is 1.67. The summed E-state index contributed by atoms with van der Waals surface area (Å²) in [6.45, 7) is 6.90. The lowest BCUT2D eigenvalue weighted by atomic mass is 9.46. The Morgan fingerprint density at radius 2 is 1.87 bits per heavy atom. The van der Waals surface area contributed by atoms with Gasteiger partial charge in [0.25, 0.3) is 0 Å². The Morgan fingerprint density at radius 1 is 1.09 bits per heavy atom. The first kappa shape index (κ1) is 16.1. The number of allylic oxidation sites excluding steroid dienone is 2. The highest BCUT2D eigenvalue weighted by atomic mass is 16.3. The average Bonchev–Trinajstić information content (AvgIpc) is 2.85. The fourth-order valence-electron chi connectivity index (χ4n) is 7.41. The van der Waals surface area contributed by atoms with Crippen LogP contribution in [0.2, 0.25) is 0 Å². The van der Waals surface area contributed by atoms with Crippen molar-refractivity contribution in [3.63, 3.8) is 0 Å². The molecule has 3 fully saturated rings. The Kier molecular flexibility index (Phi) is 3.74. The molecule has 0 aromatic heterocycles. The summed E-state index contributed by atoms with van der Waals surface area (Å²) in [5.74, 6) is 3.38. The van der Waals surface area contributed by atoms with Crippen molar-refractivity contribution in [3.05, 3.63) is 12.2 Å². The van der Waals surface area contributed by atoms with Crippen molar-refractivity contribution in [1.29, 1.82) is 0 Å². The second kappa shape index (κ2) is 5.33. The molecule has 3 unspecified atom stereocenters. The van der Waals surface area contributed by atoms with E-state index in [4.69, 9.17) is 0 Å². The van der Waals surface area contributed by atoms with Gasteiger partial charge in [-0.25, -0.2) is 0 Å². The standard InChI is InChI=1S/C21H34O2/c1-13(22)17-6-7-18-16-5-4-14-12-15(23)8-10-20(14,2)19(16)9-11-21(17,18)3/h9,11,13-19,22-23H,4-8,10,12H2,1-3H3/t13?,14?,15?,16-,17+,18-,19-,20-,21+/m0/s1. The summed E-state index contributed by atoms with van der Waals surface area (Å²) in [6, 6.07) is 0. The molecule has 23 heavy (non-hydrogen) atoms. The van der Waals surface area contributed by atoms with Crippen LogP contribution in [-0.2, 0) is 0 Å². The van der Waals surface area contributed by atoms with Gasteiger partial charge in [0.05, 0.1) is 12.2 Å². The molecule has 0 radical (unpaired) electrons. The fraction of sp³-hybridized carbons (Fsp3) is 0.905. The molecule has 0 aliphatic heterocycles. The zero-order chi connectivity index (χ0) is 16.4. The SMILES string of the molecule is CC(O)[C@H]1CC[C@H]2[C@@H]3CCC4CC(O)CC[C@]4(C)[C@H]3C=C[C@]12C. The molecule has 2 nitrogen and oxygen atoms in total. The molecular formula is C21H34O2. The van der Waals surface area contributed by atoms with Crippen LogP contribution in [0.3, 0.4) is 0 Å². The van der Waals surface area contributed by atoms with Crippen LogP contribution in [-0.4, -0.2) is 22.4 Å². The molecule has 0 bridgehead atoms. The van der Waals surface area contributed by atoms with Gasteiger partial charge in [-0.3, -0.25) is 0 Å². The quantitative estimate of drug-likeness (QED) is 0.713. The van der Waals surface area contributed by atoms with E-state index in [1.54, 1.807) is 0 Å². The monoisotopic (exact) mass is 318 g/mol. The van der Waals surface area contributed by atoms with Crippen molar-refractivity contribution in [2.75, 3.05) is 0 Å². The zero-order valence-corrected chi connectivity index (χ0v) is 15.0. The Labute approximate surface area is 141 Å². The van der Waals surface area contributed by atoms with E-state index in [0.29, 0.717) is 23.2 Å². The van der Waals surface area contributed by atoms with E-state index in [9.17, 15) is 10.2 Å². The Hall–Kier alpha value is -0.340. The van der Waals surface area contributed by atoms with Crippen molar-refractivity contribution < 1.29 is 10.2 Å². The van der Waals surface area contributed by atoms with Gasteiger partial charge in [0.2, 0.25) is 0 Å². The minimum Gasteiger partial charge on any atom is -0.393 e. The molecule has 3 saturated carbocycles. The molecule has 4 aliphatic rings. The van der Waals surface area contributed by atoms with Crippen LogP contribution in [0, 0.1) is 40.4 Å². The van der Waals surface area contributed by atoms with Gasteiger partial charge in [0, 0.05) is 0 Å². The van der Waals surface area contributed by atoms with Crippen LogP contribution < -0.4 is 0 Å². The number of hydrogen-bond donors (Lipinski definition) is 2. The zero-order valence-electron chi connectivity index (χ0n) is 15.0. The number of rotatable bonds is 1. The highest BCUT2D eigenvalue weighted by molar-refractivity contribution is 5.21. The molecular weight excluding hydrogens is 284 g/mol. The molecule has 0 aromatic carbocycles. The maximum Gasteiger partial charge on any atom is 0.0548 e. The molecule has 2 N–H and O–H groups in total. The smallest absolute Gasteiger partial charge is 0.0548 e. The van der Waals surface area contributed by atoms with Crippen LogP contribution in [0.1, 0.15) is 65.7 Å². The Bertz CT molecular complexity index is 498. The van der Waals surface area contributed by atoms with Crippen LogP contribution in [0.15, 0.2) is 12.2 Å². The van der Waals surface area contributed by atoms with E-state index in [2.05, 4.69) is 26.0 Å². The number of hydrogen-bond acceptors (Lipinski definition) is 2. The molecule has 0 spiro atoms. The molecule has 130 valence electrons. The summed E-state index contributed by atoms with van der Waals surface area (Å²) in [6.07, 6.45) is 13.1. The van der Waals surface area contributed by atoms with E-state index >= 15 is 0 Å². The molecule has 0 heterocycles. The lowest BCUT2D eigenvalue weighted by Crippen LogP contribution is -2.52. The van der Waals surface area contributed by atoms with Crippen LogP contribution in [0.5, 0.6) is 0 Å². The van der Waals surface area contributed by atoms with Gasteiger partial charge in [-0.1, -0.05) is 26.0 Å². The van der Waals surface area contributed by atoms with Crippen LogP contribution in [0.4, 0.5) is 0 Å². The average molecular weight is 319 g/mol. The summed E-state index contributed by atoms with van der Waals surface area (Å²) in [5.41, 5.74) is 0.593. The lowest BCUT2D eigenvalue weighted by molar-refractivity contribution is -0.0841. The third-order valence-electron chi connectivity index (χ3n) is 8.73. The summed E-state index contributed by atoms with van der Waals surface area (Å²) >= 11 is 0. The van der Waals surface area contributed by atoms with Crippen molar-refractivity contribution in [2.24, 2.45) is 40.4 Å². The minimum absolute atomic E-state index is 0.0615. The minimum atomic E-state index is -0.192. The second-order valence-corrected chi connectivity index (χ2v) is 9.65. The van der Waals surface area contributed by atoms with Gasteiger partial charge in [0.15, 0.2) is 0 Å². The van der Waals surface area contributed by atoms with Gasteiger partial charge in [0.1, 0.15) is 0 Å². The summed E-state index contributed by atoms with van der Waals surface area (Å²) < 4.78 is 0. The highest BCUT2D eigenvalue weighted by Crippen LogP contribution is 2.65. The van der Waals surface area contributed by atoms with E-state index in [0.717, 1.165) is 24.7 Å². The lowest BCUT2D eigenvalue weighted by Gasteiger charge is -2.58. The molecule has 9 atom stereocenters. The van der Waals surface area contributed by atoms with Gasteiger partial charge in [-0.15, -0.1) is 0 Å². The topological polar surface area (TPSA) is 40.5 Å². The molecule has 0 saturated heterocycles. The summed E-state index contributed by atoms with van der Waals surface area (Å²) in [7, 11) is 0. The fourth-order valence-corrected chi connectivity index (χ4v) is 7.41. The summed E-state index contributed by atoms with van der Waals surface area (Å²) in [4.78, 5) is 0. The van der Waals surface area contributed by atoms with Gasteiger partial charge in [-0.2, -0.15) is 0 Å². The molecule has 0 amide bonds. The third kappa shape index (κ3) is 2.20. The highest BCUT2D eigenvalue weighted by Gasteiger charge is 2.58. The van der Waals surface area contributed by atoms with Gasteiger partial charge in [-0.05, 0) is 92.3 Å². The number of aliphatic hydroxyl groups is 2. The maximum atomic E-state index is 10.3. The van der Waals surface area contributed by atoms with Crippen molar-refractivity contribution in [1.82, 2.24) is 0 Å². The predicted octanol–water partition coefficient (Wildman–Crippen LogP) is 4.16. The predicted molar refractivity (Wildman–Crippen MR) is 92.8 cm³/mol. The van der Waals surface area contributed by atoms with Crippen molar-refractivity contribution in [2.45, 2.75) is 77.9 Å². The Morgan fingerprint density at radius 3 is 2.61 bits per heavy atom. The third-order valence-corrected chi connectivity index (χ3v) is 8.73. The molecule has 2 heteroatoms. The second-order valence-electron chi connectivity index (χ2n) is 9.65. The van der Waals surface area contributed by atoms with Gasteiger partial charge < -0.3 is 10.2 Å². The molecule has 0 aromatic rings. The maximum absolute atomic E-state index is 10.3. The van der Waals surface area contributed by atoms with Crippen molar-refractivity contribution in [3.8, 4) is 0 Å². The first-order valence-electron chi connectivity index (χ1n) is 9.92. The first-order valence-corrected chi connectivity index (χ1v) is 9.92. The van der Waals surface area contributed by atoms with E-state index < -0.39 is 0 Å².